The maximum atomic E-state index is 3.00. The van der Waals surface area contributed by atoms with Gasteiger partial charge in [0.05, 0.1) is 0 Å². The van der Waals surface area contributed by atoms with Gasteiger partial charge in [-0.2, -0.15) is 0 Å². The molecule has 0 heterocycles. The second-order valence-corrected chi connectivity index (χ2v) is 0. The summed E-state index contributed by atoms with van der Waals surface area (Å²) in [6.45, 7) is 24.0. The lowest BCUT2D eigenvalue weighted by Crippen LogP contribution is -0.552. The lowest BCUT2D eigenvalue weighted by atomic mass is 11.3. The zero-order valence-electron chi connectivity index (χ0n) is 7.29. The van der Waals surface area contributed by atoms with Crippen LogP contribution in [0.5, 0.6) is 0 Å². The van der Waals surface area contributed by atoms with E-state index in [9.17, 15) is 0 Å². The predicted molar refractivity (Wildman–Crippen MR) is 55.0 cm³/mol. The van der Waals surface area contributed by atoms with Crippen LogP contribution in [0.1, 0.15) is 0 Å². The molecule has 0 saturated carbocycles. The molecule has 0 rings (SSSR count). The van der Waals surface area contributed by atoms with Gasteiger partial charge >= 0.3 is 0 Å². The summed E-state index contributed by atoms with van der Waals surface area (Å²) in [5.74, 6) is 0. The molecular weight excluding hydrogens is 172 g/mol. The molecule has 0 nitrogen and oxygen atoms in total. The second kappa shape index (κ2) is 419. The van der Waals surface area contributed by atoms with E-state index in [-0.39, 0.29) is 18.8 Å². The normalized spacial score (nSPS) is 1.33. The molecule has 0 aromatic heterocycles. The van der Waals surface area contributed by atoms with Crippen LogP contribution >= 0.6 is 0 Å². The van der Waals surface area contributed by atoms with Crippen molar-refractivity contribution < 1.29 is 18.8 Å². The first-order chi connectivity index (χ1) is 4.00. The van der Waals surface area contributed by atoms with Crippen LogP contribution in [0.3, 0.4) is 0 Å². The number of rotatable bonds is 0. The van der Waals surface area contributed by atoms with Gasteiger partial charge in [0.25, 0.3) is 0 Å². The molecule has 0 aliphatic heterocycles. The van der Waals surface area contributed by atoms with Crippen molar-refractivity contribution in [3.8, 4) is 0 Å². The first kappa shape index (κ1) is 139. The summed E-state index contributed by atoms with van der Waals surface area (Å²) >= 11 is 0. The van der Waals surface area contributed by atoms with Gasteiger partial charge in [-0.15, -0.1) is 52.6 Å². The van der Waals surface area contributed by atoms with Gasteiger partial charge in [0.1, 0.15) is 0 Å². The molecule has 0 spiro atoms. The van der Waals surface area contributed by atoms with Crippen molar-refractivity contribution in [3.05, 3.63) is 52.6 Å². The van der Waals surface area contributed by atoms with Gasteiger partial charge in [0.15, 0.2) is 0 Å². The molecule has 0 aromatic rings. The summed E-state index contributed by atoms with van der Waals surface area (Å²) in [4.78, 5) is 0. The van der Waals surface area contributed by atoms with E-state index in [2.05, 4.69) is 52.6 Å². The summed E-state index contributed by atoms with van der Waals surface area (Å²) in [6, 6.07) is 0. The maximum Gasteiger partial charge on any atom is -0.106 e. The highest BCUT2D eigenvalue weighted by Gasteiger charge is 0.607. The fraction of sp³-hybridized carbons (Fsp3) is 0. The standard InChI is InChI=1S/4C2H4.4FH/c4*1-2;;;;/h4*1-2H2;4*1H. The zero-order chi connectivity index (χ0) is 8.00. The van der Waals surface area contributed by atoms with Crippen molar-refractivity contribution in [1.29, 1.82) is 0 Å². The zero-order valence-corrected chi connectivity index (χ0v) is 7.29. The molecule has 0 saturated heterocycles. The van der Waals surface area contributed by atoms with Gasteiger partial charge < -0.3 is 0 Å². The molecule has 0 N–H and O–H groups in total. The Morgan fingerprint density at radius 2 is 0.250 bits per heavy atom. The molecule has 80 valence electrons. The summed E-state index contributed by atoms with van der Waals surface area (Å²) in [5.41, 5.74) is 0. The summed E-state index contributed by atoms with van der Waals surface area (Å²) in [7, 11) is 0. The third-order valence-electron chi connectivity index (χ3n) is 0. The minimum absolute atomic E-state index is 0. The lowest BCUT2D eigenvalue weighted by molar-refractivity contribution is 1.11. The average molecular weight is 192 g/mol. The average Bonchev–Trinajstić information content (AvgIpc) is 2.03. The maximum absolute atomic E-state index is 3.00. The Hall–Kier alpha value is -1.32. The Bertz CT molecular complexity index is 19.0. The Kier molecular flexibility index (Phi) is 4860. The number of hydrogen-bond acceptors (Lipinski definition) is 0. The molecule has 0 aliphatic carbocycles. The van der Waals surface area contributed by atoms with Crippen LogP contribution in [0.25, 0.3) is 0 Å². The van der Waals surface area contributed by atoms with E-state index in [1.54, 1.807) is 0 Å². The van der Waals surface area contributed by atoms with Gasteiger partial charge in [-0.05, 0) is 0 Å². The summed E-state index contributed by atoms with van der Waals surface area (Å²) in [5, 5.41) is 0. The van der Waals surface area contributed by atoms with E-state index >= 15 is 0 Å². The smallest absolute Gasteiger partial charge is 0.106 e. The summed E-state index contributed by atoms with van der Waals surface area (Å²) in [6.07, 6.45) is 0. The van der Waals surface area contributed by atoms with Crippen molar-refractivity contribution >= 4 is 0 Å². The van der Waals surface area contributed by atoms with Gasteiger partial charge in [-0.1, -0.05) is 0 Å². The third kappa shape index (κ3) is 294. The first-order valence-corrected chi connectivity index (χ1v) is 2.00. The second-order valence-electron chi connectivity index (χ2n) is 0. The van der Waals surface area contributed by atoms with Gasteiger partial charge in [-0.25, -0.2) is 0 Å². The van der Waals surface area contributed by atoms with Gasteiger partial charge in [-0.3, -0.25) is 18.8 Å². The highest BCUT2D eigenvalue weighted by molar-refractivity contribution is 4.23. The molecule has 4 heteroatoms. The molecule has 0 bridgehead atoms. The minimum Gasteiger partial charge on any atom is -0.269 e. The van der Waals surface area contributed by atoms with E-state index in [0.29, 0.717) is 0 Å². The van der Waals surface area contributed by atoms with E-state index in [1.807, 2.05) is 0 Å². The Balaban J connectivity index is -0.00000000267. The van der Waals surface area contributed by atoms with Crippen LogP contribution in [0.4, 0.5) is 18.8 Å². The molecule has 0 fully saturated rings. The largest absolute Gasteiger partial charge is 0.269 e. The topological polar surface area (TPSA) is 0 Å². The molecule has 0 unspecified atom stereocenters. The van der Waals surface area contributed by atoms with Crippen molar-refractivity contribution in [3.63, 3.8) is 0 Å². The number of halogens is 4. The Labute approximate surface area is 72.5 Å². The molecule has 0 atom stereocenters. The van der Waals surface area contributed by atoms with Gasteiger partial charge in [0.2, 0.25) is 0 Å². The Morgan fingerprint density at radius 3 is 0.250 bits per heavy atom. The van der Waals surface area contributed by atoms with E-state index in [1.165, 1.54) is 0 Å². The quantitative estimate of drug-likeness (QED) is 0.404. The van der Waals surface area contributed by atoms with Crippen LogP contribution in [-0.4, -0.2) is 0 Å². The lowest BCUT2D eigenvalue weighted by Gasteiger charge is -0.813. The molecule has 0 amide bonds. The van der Waals surface area contributed by atoms with Crippen LogP contribution in [0, 0.1) is 0 Å². The van der Waals surface area contributed by atoms with Crippen LogP contribution in [-0.2, 0) is 0 Å². The van der Waals surface area contributed by atoms with Gasteiger partial charge in [0, 0.05) is 0 Å². The van der Waals surface area contributed by atoms with Crippen molar-refractivity contribution in [1.82, 2.24) is 0 Å². The van der Waals surface area contributed by atoms with Crippen molar-refractivity contribution in [2.24, 2.45) is 0 Å². The molecule has 12 heavy (non-hydrogen) atoms. The number of hydrogen-bond donors (Lipinski definition) is 0. The van der Waals surface area contributed by atoms with Crippen molar-refractivity contribution in [2.45, 2.75) is 0 Å². The molecule has 0 aliphatic rings. The first-order valence-electron chi connectivity index (χ1n) is 2.00. The van der Waals surface area contributed by atoms with Crippen LogP contribution < -0.4 is 0 Å². The molecular formula is C8H20F4. The highest BCUT2D eigenvalue weighted by atomic mass is 19.0. The summed E-state index contributed by atoms with van der Waals surface area (Å²) < 4.78 is 0. The fourth-order valence-corrected chi connectivity index (χ4v) is 0. The van der Waals surface area contributed by atoms with Crippen molar-refractivity contribution in [2.75, 3.05) is 0 Å². The van der Waals surface area contributed by atoms with Crippen LogP contribution in [0.15, 0.2) is 52.6 Å². The SMILES string of the molecule is C=C.C=C.C=C.C=C.F.F.F.F. The minimum atomic E-state index is 0. The third-order valence-corrected chi connectivity index (χ3v) is 0. The van der Waals surface area contributed by atoms with E-state index in [0.717, 1.165) is 0 Å². The Morgan fingerprint density at radius 1 is 0.250 bits per heavy atom. The fourth-order valence-electron chi connectivity index (χ4n) is 0. The van der Waals surface area contributed by atoms with E-state index < -0.39 is 0 Å². The molecule has 0 radical (unpaired) electrons. The monoisotopic (exact) mass is 192 g/mol. The molecule has 0 aromatic carbocycles. The highest BCUT2D eigenvalue weighted by Crippen LogP contribution is 0.868. The predicted octanol–water partition coefficient (Wildman–Crippen LogP) is 3.82. The van der Waals surface area contributed by atoms with E-state index in [4.69, 9.17) is 0 Å². The van der Waals surface area contributed by atoms with Crippen LogP contribution in [0.2, 0.25) is 0 Å².